The highest BCUT2D eigenvalue weighted by Gasteiger charge is 2.12. The number of hydrogen-bond acceptors (Lipinski definition) is 6. The number of carbonyl (C=O) groups excluding carboxylic acids is 2. The monoisotopic (exact) mass is 346 g/mol. The summed E-state index contributed by atoms with van der Waals surface area (Å²) in [5.74, 6) is 0.0929. The molecule has 0 aliphatic heterocycles. The summed E-state index contributed by atoms with van der Waals surface area (Å²) in [6, 6.07) is 5.99. The maximum absolute atomic E-state index is 12.1. The van der Waals surface area contributed by atoms with Gasteiger partial charge in [0.05, 0.1) is 12.0 Å². The van der Waals surface area contributed by atoms with Crippen molar-refractivity contribution in [2.24, 2.45) is 0 Å². The van der Waals surface area contributed by atoms with Crippen LogP contribution < -0.4 is 5.32 Å². The summed E-state index contributed by atoms with van der Waals surface area (Å²) in [6.45, 7) is 0.384. The largest absolute Gasteiger partial charge is 0.453 e. The van der Waals surface area contributed by atoms with E-state index in [2.05, 4.69) is 15.0 Å². The zero-order chi connectivity index (χ0) is 18.4. The van der Waals surface area contributed by atoms with E-state index in [1.165, 1.54) is 30.3 Å². The Hall–Kier alpha value is -3.23. The molecule has 0 saturated heterocycles. The number of carbonyl (C=O) groups is 2. The Morgan fingerprint density at radius 3 is 2.80 bits per heavy atom. The Kier molecular flexibility index (Phi) is 5.83. The summed E-state index contributed by atoms with van der Waals surface area (Å²) in [7, 11) is 2.88. The SMILES string of the molecule is COC(=O)N(C)CCCC(=O)Nc1nccc2cc([N+](=O)[O-])ccc12. The minimum absolute atomic E-state index is 0.0261. The molecule has 2 aromatic rings. The Morgan fingerprint density at radius 1 is 1.36 bits per heavy atom. The number of fused-ring (bicyclic) bond motifs is 1. The van der Waals surface area contributed by atoms with E-state index in [9.17, 15) is 19.7 Å². The molecule has 0 aliphatic carbocycles. The molecule has 132 valence electrons. The van der Waals surface area contributed by atoms with E-state index in [1.807, 2.05) is 0 Å². The van der Waals surface area contributed by atoms with Gasteiger partial charge in [-0.25, -0.2) is 9.78 Å². The molecule has 2 rings (SSSR count). The van der Waals surface area contributed by atoms with Crippen molar-refractivity contribution in [3.8, 4) is 0 Å². The van der Waals surface area contributed by atoms with Crippen LogP contribution >= 0.6 is 0 Å². The predicted octanol–water partition coefficient (Wildman–Crippen LogP) is 2.56. The van der Waals surface area contributed by atoms with Crippen LogP contribution in [-0.4, -0.2) is 47.5 Å². The van der Waals surface area contributed by atoms with Crippen molar-refractivity contribution in [2.75, 3.05) is 26.0 Å². The summed E-state index contributed by atoms with van der Waals surface area (Å²) in [6.07, 6.45) is 1.69. The molecule has 0 fully saturated rings. The Balaban J connectivity index is 2.01. The molecule has 1 aromatic carbocycles. The van der Waals surface area contributed by atoms with E-state index in [1.54, 1.807) is 19.2 Å². The number of anilines is 1. The number of nitro benzene ring substituents is 1. The molecule has 0 atom stereocenters. The molecule has 0 radical (unpaired) electrons. The average molecular weight is 346 g/mol. The molecule has 0 saturated carbocycles. The van der Waals surface area contributed by atoms with Gasteiger partial charge in [0.25, 0.3) is 5.69 Å². The summed E-state index contributed by atoms with van der Waals surface area (Å²) in [5, 5.41) is 14.8. The third-order valence-corrected chi connectivity index (χ3v) is 3.60. The number of amides is 2. The summed E-state index contributed by atoms with van der Waals surface area (Å²) < 4.78 is 4.57. The van der Waals surface area contributed by atoms with E-state index in [0.29, 0.717) is 29.6 Å². The number of hydrogen-bond donors (Lipinski definition) is 1. The number of ether oxygens (including phenoxy) is 1. The van der Waals surface area contributed by atoms with Gasteiger partial charge in [0.1, 0.15) is 5.82 Å². The number of nitrogens with zero attached hydrogens (tertiary/aromatic N) is 3. The fourth-order valence-electron chi connectivity index (χ4n) is 2.30. The first-order valence-corrected chi connectivity index (χ1v) is 7.54. The molecule has 0 bridgehead atoms. The number of non-ortho nitro benzene ring substituents is 1. The van der Waals surface area contributed by atoms with Crippen molar-refractivity contribution in [1.82, 2.24) is 9.88 Å². The van der Waals surface area contributed by atoms with Gasteiger partial charge in [-0.05, 0) is 23.9 Å². The zero-order valence-electron chi connectivity index (χ0n) is 13.9. The lowest BCUT2D eigenvalue weighted by molar-refractivity contribution is -0.384. The number of nitro groups is 1. The minimum atomic E-state index is -0.476. The number of methoxy groups -OCH3 is 1. The van der Waals surface area contributed by atoms with Gasteiger partial charge in [0.2, 0.25) is 5.91 Å². The number of rotatable bonds is 6. The average Bonchev–Trinajstić information content (AvgIpc) is 2.60. The molecular weight excluding hydrogens is 328 g/mol. The Labute approximate surface area is 143 Å². The Morgan fingerprint density at radius 2 is 2.12 bits per heavy atom. The normalized spacial score (nSPS) is 10.3. The summed E-state index contributed by atoms with van der Waals surface area (Å²) >= 11 is 0. The number of pyridine rings is 1. The molecule has 9 heteroatoms. The minimum Gasteiger partial charge on any atom is -0.453 e. The molecule has 1 aromatic heterocycles. The fourth-order valence-corrected chi connectivity index (χ4v) is 2.30. The van der Waals surface area contributed by atoms with Crippen LogP contribution in [0.4, 0.5) is 16.3 Å². The highest BCUT2D eigenvalue weighted by Crippen LogP contribution is 2.25. The molecule has 25 heavy (non-hydrogen) atoms. The molecule has 0 aliphatic rings. The van der Waals surface area contributed by atoms with Crippen LogP contribution in [0.2, 0.25) is 0 Å². The molecule has 2 amide bonds. The molecule has 1 N–H and O–H groups in total. The predicted molar refractivity (Wildman–Crippen MR) is 91.3 cm³/mol. The van der Waals surface area contributed by atoms with Crippen molar-refractivity contribution in [3.63, 3.8) is 0 Å². The van der Waals surface area contributed by atoms with Crippen molar-refractivity contribution in [2.45, 2.75) is 12.8 Å². The number of nitrogens with one attached hydrogen (secondary N) is 1. The first kappa shape index (κ1) is 18.1. The third-order valence-electron chi connectivity index (χ3n) is 3.60. The quantitative estimate of drug-likeness (QED) is 0.635. The van der Waals surface area contributed by atoms with Crippen molar-refractivity contribution in [3.05, 3.63) is 40.6 Å². The third kappa shape index (κ3) is 4.63. The van der Waals surface area contributed by atoms with E-state index in [4.69, 9.17) is 0 Å². The maximum Gasteiger partial charge on any atom is 0.409 e. The van der Waals surface area contributed by atoms with Crippen LogP contribution in [0.3, 0.4) is 0 Å². The highest BCUT2D eigenvalue weighted by atomic mass is 16.6. The van der Waals surface area contributed by atoms with Gasteiger partial charge in [0, 0.05) is 43.7 Å². The van der Waals surface area contributed by atoms with Gasteiger partial charge in [0.15, 0.2) is 0 Å². The second-order valence-electron chi connectivity index (χ2n) is 5.37. The summed E-state index contributed by atoms with van der Waals surface area (Å²) in [4.78, 5) is 39.2. The molecule has 1 heterocycles. The lowest BCUT2D eigenvalue weighted by atomic mass is 10.1. The van der Waals surface area contributed by atoms with Crippen LogP contribution in [0.15, 0.2) is 30.5 Å². The first-order valence-electron chi connectivity index (χ1n) is 7.54. The van der Waals surface area contributed by atoms with Crippen LogP contribution in [0.1, 0.15) is 12.8 Å². The number of benzene rings is 1. The van der Waals surface area contributed by atoms with Crippen LogP contribution in [0.25, 0.3) is 10.8 Å². The van der Waals surface area contributed by atoms with Crippen molar-refractivity contribution in [1.29, 1.82) is 0 Å². The lowest BCUT2D eigenvalue weighted by Crippen LogP contribution is -2.28. The van der Waals surface area contributed by atoms with E-state index in [-0.39, 0.29) is 18.0 Å². The van der Waals surface area contributed by atoms with Crippen LogP contribution in [0.5, 0.6) is 0 Å². The van der Waals surface area contributed by atoms with E-state index in [0.717, 1.165) is 0 Å². The number of aromatic nitrogens is 1. The van der Waals surface area contributed by atoms with E-state index < -0.39 is 11.0 Å². The van der Waals surface area contributed by atoms with Crippen LogP contribution in [0, 0.1) is 10.1 Å². The highest BCUT2D eigenvalue weighted by molar-refractivity contribution is 6.00. The van der Waals surface area contributed by atoms with Crippen molar-refractivity contribution >= 4 is 34.3 Å². The van der Waals surface area contributed by atoms with Crippen molar-refractivity contribution < 1.29 is 19.2 Å². The molecular formula is C16H18N4O5. The second kappa shape index (κ2) is 8.04. The van der Waals surface area contributed by atoms with Crippen LogP contribution in [-0.2, 0) is 9.53 Å². The standard InChI is InChI=1S/C16H18N4O5/c1-19(16(22)25-2)9-3-4-14(21)18-15-13-6-5-12(20(23)24)10-11(13)7-8-17-15/h5-8,10H,3-4,9H2,1-2H3,(H,17,18,21). The zero-order valence-corrected chi connectivity index (χ0v) is 13.9. The molecule has 0 spiro atoms. The second-order valence-corrected chi connectivity index (χ2v) is 5.37. The maximum atomic E-state index is 12.1. The van der Waals surface area contributed by atoms with Gasteiger partial charge in [-0.3, -0.25) is 14.9 Å². The summed E-state index contributed by atoms with van der Waals surface area (Å²) in [5.41, 5.74) is -0.0261. The first-order chi connectivity index (χ1) is 11.9. The van der Waals surface area contributed by atoms with Gasteiger partial charge >= 0.3 is 6.09 Å². The van der Waals surface area contributed by atoms with Gasteiger partial charge in [-0.1, -0.05) is 0 Å². The smallest absolute Gasteiger partial charge is 0.409 e. The fraction of sp³-hybridized carbons (Fsp3) is 0.312. The molecule has 9 nitrogen and oxygen atoms in total. The van der Waals surface area contributed by atoms with E-state index >= 15 is 0 Å². The topological polar surface area (TPSA) is 115 Å². The molecule has 0 unspecified atom stereocenters. The Bertz CT molecular complexity index is 808. The van der Waals surface area contributed by atoms with Gasteiger partial charge in [-0.2, -0.15) is 0 Å². The van der Waals surface area contributed by atoms with Gasteiger partial charge < -0.3 is 15.0 Å². The van der Waals surface area contributed by atoms with Gasteiger partial charge in [-0.15, -0.1) is 0 Å². The lowest BCUT2D eigenvalue weighted by Gasteiger charge is -2.14.